The molecule has 0 unspecified atom stereocenters. The van der Waals surface area contributed by atoms with Crippen LogP contribution in [0, 0.1) is 0 Å². The van der Waals surface area contributed by atoms with E-state index in [1.54, 1.807) is 0 Å². The second kappa shape index (κ2) is 20.5. The third kappa shape index (κ3) is 8.26. The van der Waals surface area contributed by atoms with Gasteiger partial charge in [0.1, 0.15) is 0 Å². The first-order valence-electron chi connectivity index (χ1n) is 28.9. The lowest BCUT2D eigenvalue weighted by molar-refractivity contribution is 1.18. The molecule has 16 aromatic rings. The lowest BCUT2D eigenvalue weighted by atomic mass is 9.85. The molecule has 0 radical (unpaired) electrons. The summed E-state index contributed by atoms with van der Waals surface area (Å²) in [6.45, 7) is 0. The van der Waals surface area contributed by atoms with Gasteiger partial charge in [0.15, 0.2) is 5.82 Å². The van der Waals surface area contributed by atoms with Gasteiger partial charge in [0.2, 0.25) is 0 Å². The molecule has 2 heteroatoms. The van der Waals surface area contributed by atoms with Crippen LogP contribution in [0.1, 0.15) is 0 Å². The first-order chi connectivity index (χ1) is 41.7. The Labute approximate surface area is 487 Å². The Morgan fingerprint density at radius 3 is 0.524 bits per heavy atom. The van der Waals surface area contributed by atoms with E-state index in [0.717, 1.165) is 44.8 Å². The van der Waals surface area contributed by atoms with Crippen molar-refractivity contribution in [3.05, 3.63) is 315 Å². The van der Waals surface area contributed by atoms with E-state index >= 15 is 0 Å². The molecule has 0 N–H and O–H groups in total. The molecule has 1 aromatic heterocycles. The first kappa shape index (κ1) is 48.8. The fraction of sp³-hybridized carbons (Fsp3) is 0. The van der Waals surface area contributed by atoms with Crippen molar-refractivity contribution in [2.45, 2.75) is 0 Å². The molecule has 0 bridgehead atoms. The van der Waals surface area contributed by atoms with Crippen molar-refractivity contribution in [3.63, 3.8) is 0 Å². The molecule has 0 aliphatic heterocycles. The van der Waals surface area contributed by atoms with Gasteiger partial charge in [0, 0.05) is 16.7 Å². The zero-order chi connectivity index (χ0) is 55.5. The number of benzene rings is 15. The number of rotatable bonds is 9. The summed E-state index contributed by atoms with van der Waals surface area (Å²) in [5, 5.41) is 14.7. The molecule has 0 atom stereocenters. The van der Waals surface area contributed by atoms with E-state index in [4.69, 9.17) is 9.97 Å². The van der Waals surface area contributed by atoms with Crippen LogP contribution in [0.3, 0.4) is 0 Å². The lowest BCUT2D eigenvalue weighted by Crippen LogP contribution is -1.97. The standard InChI is InChI=1S/C82H52N2/c1-4-22-55(23-5-1)76-62-28-10-16-34-68(62)79(69-35-17-11-29-63(69)76)58-44-40-53(41-45-58)74-52-75(54-42-46-59(47-43-54)80-70-36-18-12-30-64(70)77(56-24-6-2-7-25-56)65-31-13-19-37-71(65)80)84-82(83-74)61-50-48-60(49-51-61)81-72-38-20-14-32-66(72)78(57-26-8-3-9-27-57)67-33-15-21-39-73(67)81/h1-52H. The summed E-state index contributed by atoms with van der Waals surface area (Å²) in [6, 6.07) is 114. The maximum Gasteiger partial charge on any atom is 0.160 e. The van der Waals surface area contributed by atoms with Gasteiger partial charge in [0.05, 0.1) is 11.4 Å². The normalized spacial score (nSPS) is 11.6. The van der Waals surface area contributed by atoms with Gasteiger partial charge in [-0.3, -0.25) is 0 Å². The molecule has 0 fully saturated rings. The number of aromatic nitrogens is 2. The second-order valence-electron chi connectivity index (χ2n) is 21.8. The van der Waals surface area contributed by atoms with Crippen LogP contribution in [0.5, 0.6) is 0 Å². The van der Waals surface area contributed by atoms with Crippen molar-refractivity contribution in [2.75, 3.05) is 0 Å². The highest BCUT2D eigenvalue weighted by molar-refractivity contribution is 6.24. The zero-order valence-corrected chi connectivity index (χ0v) is 45.9. The summed E-state index contributed by atoms with van der Waals surface area (Å²) < 4.78 is 0. The van der Waals surface area contributed by atoms with Crippen molar-refractivity contribution in [1.29, 1.82) is 0 Å². The molecule has 84 heavy (non-hydrogen) atoms. The molecule has 390 valence electrons. The van der Waals surface area contributed by atoms with Crippen molar-refractivity contribution >= 4 is 64.6 Å². The summed E-state index contributed by atoms with van der Waals surface area (Å²) >= 11 is 0. The van der Waals surface area contributed by atoms with Crippen LogP contribution >= 0.6 is 0 Å². The number of nitrogens with zero attached hydrogens (tertiary/aromatic N) is 2. The maximum absolute atomic E-state index is 5.45. The van der Waals surface area contributed by atoms with Gasteiger partial charge in [0.25, 0.3) is 0 Å². The Balaban J connectivity index is 0.839. The van der Waals surface area contributed by atoms with Gasteiger partial charge in [-0.2, -0.15) is 0 Å². The van der Waals surface area contributed by atoms with E-state index < -0.39 is 0 Å². The van der Waals surface area contributed by atoms with Crippen molar-refractivity contribution < 1.29 is 0 Å². The third-order valence-electron chi connectivity index (χ3n) is 17.1. The average Bonchev–Trinajstić information content (AvgIpc) is 1.76. The van der Waals surface area contributed by atoms with Gasteiger partial charge < -0.3 is 0 Å². The van der Waals surface area contributed by atoms with Crippen LogP contribution in [0.25, 0.3) is 165 Å². The summed E-state index contributed by atoms with van der Waals surface area (Å²) in [5.74, 6) is 0.665. The lowest BCUT2D eigenvalue weighted by Gasteiger charge is -2.18. The van der Waals surface area contributed by atoms with Crippen LogP contribution in [0.15, 0.2) is 315 Å². The van der Waals surface area contributed by atoms with Crippen LogP contribution in [0.4, 0.5) is 0 Å². The van der Waals surface area contributed by atoms with E-state index in [1.807, 2.05) is 0 Å². The van der Waals surface area contributed by atoms with Crippen LogP contribution in [0.2, 0.25) is 0 Å². The molecule has 16 rings (SSSR count). The van der Waals surface area contributed by atoms with Gasteiger partial charge in [-0.1, -0.05) is 309 Å². The predicted octanol–water partition coefficient (Wildman–Crippen LogP) is 22.4. The fourth-order valence-corrected chi connectivity index (χ4v) is 13.3. The third-order valence-corrected chi connectivity index (χ3v) is 17.1. The molecule has 0 saturated heterocycles. The zero-order valence-electron chi connectivity index (χ0n) is 45.9. The van der Waals surface area contributed by atoms with Gasteiger partial charge in [-0.25, -0.2) is 9.97 Å². The number of hydrogen-bond donors (Lipinski definition) is 0. The smallest absolute Gasteiger partial charge is 0.160 e. The van der Waals surface area contributed by atoms with Crippen molar-refractivity contribution in [2.24, 2.45) is 0 Å². The van der Waals surface area contributed by atoms with Crippen LogP contribution < -0.4 is 0 Å². The van der Waals surface area contributed by atoms with Gasteiger partial charge in [-0.05, 0) is 137 Å². The van der Waals surface area contributed by atoms with Crippen molar-refractivity contribution in [3.8, 4) is 101 Å². The topological polar surface area (TPSA) is 25.8 Å². The Bertz CT molecular complexity index is 4480. The minimum absolute atomic E-state index is 0.665. The summed E-state index contributed by atoms with van der Waals surface area (Å²) in [4.78, 5) is 10.9. The monoisotopic (exact) mass is 1060 g/mol. The number of hydrogen-bond acceptors (Lipinski definition) is 2. The highest BCUT2D eigenvalue weighted by Gasteiger charge is 2.21. The minimum Gasteiger partial charge on any atom is -0.228 e. The first-order valence-corrected chi connectivity index (χ1v) is 28.9. The summed E-state index contributed by atoms with van der Waals surface area (Å²) in [6.07, 6.45) is 0. The Morgan fingerprint density at radius 2 is 0.310 bits per heavy atom. The predicted molar refractivity (Wildman–Crippen MR) is 356 cm³/mol. The molecule has 0 amide bonds. The summed E-state index contributed by atoms with van der Waals surface area (Å²) in [5.41, 5.74) is 19.2. The molecule has 0 aliphatic rings. The van der Waals surface area contributed by atoms with Gasteiger partial charge in [-0.15, -0.1) is 0 Å². The molecule has 1 heterocycles. The molecule has 2 nitrogen and oxygen atoms in total. The van der Waals surface area contributed by atoms with Gasteiger partial charge >= 0.3 is 0 Å². The largest absolute Gasteiger partial charge is 0.228 e. The maximum atomic E-state index is 5.45. The highest BCUT2D eigenvalue weighted by atomic mass is 14.9. The van der Waals surface area contributed by atoms with Crippen molar-refractivity contribution in [1.82, 2.24) is 9.97 Å². The molecule has 0 saturated carbocycles. The number of fused-ring (bicyclic) bond motifs is 6. The van der Waals surface area contributed by atoms with E-state index in [-0.39, 0.29) is 0 Å². The minimum atomic E-state index is 0.665. The van der Waals surface area contributed by atoms with E-state index in [9.17, 15) is 0 Å². The average molecular weight is 1070 g/mol. The Hall–Kier alpha value is -11.1. The molecule has 15 aromatic carbocycles. The van der Waals surface area contributed by atoms with E-state index in [0.29, 0.717) is 5.82 Å². The molecule has 0 spiro atoms. The SMILES string of the molecule is c1ccc(-c2c3ccccc3c(-c3ccc(-c4cc(-c5ccc(-c6c7ccccc7c(-c7ccccc7)c7ccccc67)cc5)nc(-c5ccc(-c6c7ccccc7c(-c7ccccc7)c7ccccc67)cc5)n4)cc3)c3ccccc23)cc1. The van der Waals surface area contributed by atoms with E-state index in [1.165, 1.54) is 115 Å². The molecular weight excluding hydrogens is 1010 g/mol. The Kier molecular flexibility index (Phi) is 11.9. The Morgan fingerprint density at radius 1 is 0.143 bits per heavy atom. The molecular formula is C82H52N2. The highest BCUT2D eigenvalue weighted by Crippen LogP contribution is 2.48. The summed E-state index contributed by atoms with van der Waals surface area (Å²) in [7, 11) is 0. The molecule has 0 aliphatic carbocycles. The fourth-order valence-electron chi connectivity index (χ4n) is 13.3. The quantitative estimate of drug-likeness (QED) is 0.135. The van der Waals surface area contributed by atoms with Crippen LogP contribution in [-0.2, 0) is 0 Å². The second-order valence-corrected chi connectivity index (χ2v) is 21.8. The van der Waals surface area contributed by atoms with Crippen LogP contribution in [-0.4, -0.2) is 9.97 Å². The van der Waals surface area contributed by atoms with E-state index in [2.05, 4.69) is 315 Å².